The number of nitrogens with one attached hydrogen (secondary N) is 1. The standard InChI is InChI=1S/C21H18BrFN2O5/c22-13-5-6-17(15(23)11-13)29-12-18(26)24-19-14-3-1-2-4-16(14)30-20(19)21(27)25-7-9-28-10-8-25/h1-6,11H,7-10,12H2,(H,24,26). The normalized spacial score (nSPS) is 14.0. The van der Waals surface area contributed by atoms with Gasteiger partial charge in [0.1, 0.15) is 11.3 Å². The highest BCUT2D eigenvalue weighted by Gasteiger charge is 2.27. The molecule has 3 aromatic rings. The molecule has 0 atom stereocenters. The molecule has 0 saturated carbocycles. The van der Waals surface area contributed by atoms with E-state index in [0.29, 0.717) is 41.7 Å². The van der Waals surface area contributed by atoms with Crippen molar-refractivity contribution in [1.82, 2.24) is 4.90 Å². The van der Waals surface area contributed by atoms with E-state index < -0.39 is 18.3 Å². The highest BCUT2D eigenvalue weighted by Crippen LogP contribution is 2.32. The van der Waals surface area contributed by atoms with Crippen molar-refractivity contribution >= 4 is 44.4 Å². The average molecular weight is 477 g/mol. The van der Waals surface area contributed by atoms with Gasteiger partial charge in [0.2, 0.25) is 5.76 Å². The van der Waals surface area contributed by atoms with Crippen molar-refractivity contribution in [2.24, 2.45) is 0 Å². The quantitative estimate of drug-likeness (QED) is 0.605. The van der Waals surface area contributed by atoms with Gasteiger partial charge in [0.05, 0.1) is 13.2 Å². The number of amides is 2. The Kier molecular flexibility index (Phi) is 6.01. The summed E-state index contributed by atoms with van der Waals surface area (Å²) in [6, 6.07) is 11.3. The lowest BCUT2D eigenvalue weighted by Gasteiger charge is -2.26. The van der Waals surface area contributed by atoms with E-state index in [-0.39, 0.29) is 23.1 Å². The van der Waals surface area contributed by atoms with Crippen molar-refractivity contribution in [2.75, 3.05) is 38.2 Å². The molecule has 1 aromatic heterocycles. The molecular weight excluding hydrogens is 459 g/mol. The zero-order valence-electron chi connectivity index (χ0n) is 15.8. The second-order valence-electron chi connectivity index (χ2n) is 6.62. The lowest BCUT2D eigenvalue weighted by molar-refractivity contribution is -0.118. The average Bonchev–Trinajstić information content (AvgIpc) is 3.11. The molecule has 4 rings (SSSR count). The molecular formula is C21H18BrFN2O5. The molecule has 0 bridgehead atoms. The van der Waals surface area contributed by atoms with Gasteiger partial charge in [-0.3, -0.25) is 9.59 Å². The van der Waals surface area contributed by atoms with Gasteiger partial charge in [-0.2, -0.15) is 0 Å². The first-order valence-corrected chi connectivity index (χ1v) is 10.1. The van der Waals surface area contributed by atoms with Gasteiger partial charge in [-0.15, -0.1) is 0 Å². The van der Waals surface area contributed by atoms with Crippen LogP contribution in [0.5, 0.6) is 5.75 Å². The van der Waals surface area contributed by atoms with E-state index >= 15 is 0 Å². The zero-order chi connectivity index (χ0) is 21.1. The van der Waals surface area contributed by atoms with Crippen molar-refractivity contribution in [2.45, 2.75) is 0 Å². The molecule has 156 valence electrons. The number of fused-ring (bicyclic) bond motifs is 1. The summed E-state index contributed by atoms with van der Waals surface area (Å²) in [5, 5.41) is 3.28. The Balaban J connectivity index is 1.54. The van der Waals surface area contributed by atoms with Crippen LogP contribution in [0.25, 0.3) is 11.0 Å². The van der Waals surface area contributed by atoms with Crippen LogP contribution in [0, 0.1) is 5.82 Å². The maximum atomic E-state index is 13.9. The van der Waals surface area contributed by atoms with Crippen molar-refractivity contribution in [3.05, 3.63) is 58.5 Å². The number of carbonyl (C=O) groups excluding carboxylic acids is 2. The Morgan fingerprint density at radius 1 is 1.17 bits per heavy atom. The molecule has 0 unspecified atom stereocenters. The molecule has 7 nitrogen and oxygen atoms in total. The maximum absolute atomic E-state index is 13.9. The number of anilines is 1. The van der Waals surface area contributed by atoms with Gasteiger partial charge in [-0.1, -0.05) is 28.1 Å². The van der Waals surface area contributed by atoms with E-state index in [1.807, 2.05) is 0 Å². The first kappa shape index (κ1) is 20.4. The molecule has 2 aromatic carbocycles. The minimum Gasteiger partial charge on any atom is -0.481 e. The molecule has 1 N–H and O–H groups in total. The van der Waals surface area contributed by atoms with Crippen molar-refractivity contribution in [3.8, 4) is 5.75 Å². The largest absolute Gasteiger partial charge is 0.481 e. The summed E-state index contributed by atoms with van der Waals surface area (Å²) < 4.78 is 30.8. The number of benzene rings is 2. The first-order chi connectivity index (χ1) is 14.5. The molecule has 0 radical (unpaired) electrons. The molecule has 1 aliphatic heterocycles. The van der Waals surface area contributed by atoms with Crippen molar-refractivity contribution in [1.29, 1.82) is 0 Å². The fourth-order valence-electron chi connectivity index (χ4n) is 3.14. The highest BCUT2D eigenvalue weighted by atomic mass is 79.9. The third-order valence-corrected chi connectivity index (χ3v) is 5.10. The Labute approximate surface area is 179 Å². The topological polar surface area (TPSA) is 81.0 Å². The smallest absolute Gasteiger partial charge is 0.291 e. The van der Waals surface area contributed by atoms with E-state index in [9.17, 15) is 14.0 Å². The molecule has 1 aliphatic rings. The number of halogens is 2. The maximum Gasteiger partial charge on any atom is 0.291 e. The van der Waals surface area contributed by atoms with E-state index in [1.165, 1.54) is 12.1 Å². The van der Waals surface area contributed by atoms with Crippen LogP contribution in [0.2, 0.25) is 0 Å². The Hall–Kier alpha value is -2.91. The summed E-state index contributed by atoms with van der Waals surface area (Å²) >= 11 is 3.16. The van der Waals surface area contributed by atoms with Gasteiger partial charge in [0, 0.05) is 22.9 Å². The summed E-state index contributed by atoms with van der Waals surface area (Å²) in [6.45, 7) is 1.34. The van der Waals surface area contributed by atoms with Crippen molar-refractivity contribution in [3.63, 3.8) is 0 Å². The Bertz CT molecular complexity index is 1090. The Morgan fingerprint density at radius 2 is 1.93 bits per heavy atom. The van der Waals surface area contributed by atoms with E-state index in [2.05, 4.69) is 21.2 Å². The van der Waals surface area contributed by atoms with Gasteiger partial charge < -0.3 is 24.1 Å². The summed E-state index contributed by atoms with van der Waals surface area (Å²) in [5.74, 6) is -1.46. The molecule has 2 amide bonds. The number of hydrogen-bond donors (Lipinski definition) is 1. The third kappa shape index (κ3) is 4.31. The summed E-state index contributed by atoms with van der Waals surface area (Å²) in [5.41, 5.74) is 0.747. The van der Waals surface area contributed by atoms with Crippen LogP contribution in [0.4, 0.5) is 10.1 Å². The fraction of sp³-hybridized carbons (Fsp3) is 0.238. The molecule has 0 aliphatic carbocycles. The SMILES string of the molecule is O=C(COc1ccc(Br)cc1F)Nc1c(C(=O)N2CCOCC2)oc2ccccc12. The van der Waals surface area contributed by atoms with E-state index in [1.54, 1.807) is 35.2 Å². The van der Waals surface area contributed by atoms with Crippen LogP contribution < -0.4 is 10.1 Å². The molecule has 1 saturated heterocycles. The number of rotatable bonds is 5. The van der Waals surface area contributed by atoms with Gasteiger partial charge in [-0.05, 0) is 30.3 Å². The molecule has 9 heteroatoms. The van der Waals surface area contributed by atoms with E-state index in [4.69, 9.17) is 13.9 Å². The first-order valence-electron chi connectivity index (χ1n) is 9.29. The second kappa shape index (κ2) is 8.85. The highest BCUT2D eigenvalue weighted by molar-refractivity contribution is 9.10. The monoisotopic (exact) mass is 476 g/mol. The van der Waals surface area contributed by atoms with Crippen molar-refractivity contribution < 1.29 is 27.9 Å². The van der Waals surface area contributed by atoms with E-state index in [0.717, 1.165) is 0 Å². The number of hydrogen-bond acceptors (Lipinski definition) is 5. The number of carbonyl (C=O) groups is 2. The lowest BCUT2D eigenvalue weighted by atomic mass is 10.2. The summed E-state index contributed by atoms with van der Waals surface area (Å²) in [6.07, 6.45) is 0. The van der Waals surface area contributed by atoms with Crippen LogP contribution in [0.15, 0.2) is 51.4 Å². The predicted molar refractivity (Wildman–Crippen MR) is 111 cm³/mol. The molecule has 1 fully saturated rings. The lowest BCUT2D eigenvalue weighted by Crippen LogP contribution is -2.40. The third-order valence-electron chi connectivity index (χ3n) is 4.61. The predicted octanol–water partition coefficient (Wildman–Crippen LogP) is 3.82. The Morgan fingerprint density at radius 3 is 2.70 bits per heavy atom. The van der Waals surface area contributed by atoms with Gasteiger partial charge in [0.15, 0.2) is 18.2 Å². The number of nitrogens with zero attached hydrogens (tertiary/aromatic N) is 1. The molecule has 0 spiro atoms. The van der Waals surface area contributed by atoms with Crippen LogP contribution in [0.1, 0.15) is 10.6 Å². The van der Waals surface area contributed by atoms with Crippen LogP contribution in [-0.4, -0.2) is 49.6 Å². The van der Waals surface area contributed by atoms with Crippen LogP contribution >= 0.6 is 15.9 Å². The van der Waals surface area contributed by atoms with Gasteiger partial charge >= 0.3 is 0 Å². The van der Waals surface area contributed by atoms with Crippen LogP contribution in [-0.2, 0) is 9.53 Å². The number of morpholine rings is 1. The van der Waals surface area contributed by atoms with Gasteiger partial charge in [0.25, 0.3) is 11.8 Å². The summed E-state index contributed by atoms with van der Waals surface area (Å²) in [7, 11) is 0. The molecule has 2 heterocycles. The van der Waals surface area contributed by atoms with Crippen LogP contribution in [0.3, 0.4) is 0 Å². The van der Waals surface area contributed by atoms with Gasteiger partial charge in [-0.25, -0.2) is 4.39 Å². The number of para-hydroxylation sites is 1. The zero-order valence-corrected chi connectivity index (χ0v) is 17.4. The second-order valence-corrected chi connectivity index (χ2v) is 7.53. The molecule has 30 heavy (non-hydrogen) atoms. The fourth-order valence-corrected chi connectivity index (χ4v) is 3.47. The minimum absolute atomic E-state index is 0.0428. The number of furan rings is 1. The number of ether oxygens (including phenoxy) is 2. The summed E-state index contributed by atoms with van der Waals surface area (Å²) in [4.78, 5) is 27.1. The minimum atomic E-state index is -0.589.